The number of ether oxygens (including phenoxy) is 2. The highest BCUT2D eigenvalue weighted by Crippen LogP contribution is 2.34. The number of nitrogens with two attached hydrogens (primary N) is 1. The molecule has 1 aromatic rings. The Bertz CT molecular complexity index is 1120. The minimum absolute atomic E-state index is 0.0537. The van der Waals surface area contributed by atoms with Crippen molar-refractivity contribution in [3.63, 3.8) is 0 Å². The second-order valence-corrected chi connectivity index (χ2v) is 10.7. The van der Waals surface area contributed by atoms with Crippen LogP contribution < -0.4 is 16.4 Å². The molecule has 2 atom stereocenters. The molecule has 0 aliphatic carbocycles. The maximum Gasteiger partial charge on any atom is 0.408 e. The van der Waals surface area contributed by atoms with Crippen LogP contribution in [-0.2, 0) is 28.7 Å². The predicted molar refractivity (Wildman–Crippen MR) is 150 cm³/mol. The second kappa shape index (κ2) is 14.9. The Morgan fingerprint density at radius 2 is 1.70 bits per heavy atom. The molecule has 11 nitrogen and oxygen atoms in total. The number of terminal acetylenes is 1. The fourth-order valence-electron chi connectivity index (χ4n) is 3.85. The van der Waals surface area contributed by atoms with Gasteiger partial charge in [-0.3, -0.25) is 19.2 Å². The number of esters is 1. The normalized spacial score (nSPS) is 12.8. The van der Waals surface area contributed by atoms with Gasteiger partial charge < -0.3 is 30.7 Å². The summed E-state index contributed by atoms with van der Waals surface area (Å²) in [7, 11) is 0. The van der Waals surface area contributed by atoms with E-state index in [1.165, 1.54) is 4.90 Å². The Kier molecular flexibility index (Phi) is 12.7. The lowest BCUT2D eigenvalue weighted by Crippen LogP contribution is -2.60. The quantitative estimate of drug-likeness (QED) is 0.248. The Morgan fingerprint density at radius 1 is 1.07 bits per heavy atom. The summed E-state index contributed by atoms with van der Waals surface area (Å²) in [6.45, 7) is 12.1. The third-order valence-corrected chi connectivity index (χ3v) is 6.00. The smallest absolute Gasteiger partial charge is 0.408 e. The molecule has 0 aliphatic rings. The van der Waals surface area contributed by atoms with E-state index in [9.17, 15) is 24.0 Å². The van der Waals surface area contributed by atoms with Crippen LogP contribution in [0.25, 0.3) is 0 Å². The fourth-order valence-corrected chi connectivity index (χ4v) is 3.85. The summed E-state index contributed by atoms with van der Waals surface area (Å²) >= 11 is 0. The first-order valence-electron chi connectivity index (χ1n) is 13.2. The molecule has 0 heterocycles. The molecule has 220 valence electrons. The van der Waals surface area contributed by atoms with Crippen LogP contribution in [0.4, 0.5) is 4.79 Å². The Balaban J connectivity index is 3.66. The fraction of sp³-hybridized carbons (Fsp3) is 0.552. The topological polar surface area (TPSA) is 157 Å². The number of primary amides is 1. The molecular weight excluding hydrogens is 516 g/mol. The molecule has 4 amide bonds. The van der Waals surface area contributed by atoms with Crippen molar-refractivity contribution in [1.82, 2.24) is 15.5 Å². The highest BCUT2D eigenvalue weighted by molar-refractivity contribution is 5.95. The van der Waals surface area contributed by atoms with Crippen molar-refractivity contribution in [3.05, 3.63) is 35.4 Å². The minimum Gasteiger partial charge on any atom is -0.466 e. The van der Waals surface area contributed by atoms with Crippen LogP contribution in [0.15, 0.2) is 24.3 Å². The summed E-state index contributed by atoms with van der Waals surface area (Å²) in [6.07, 6.45) is 4.58. The summed E-state index contributed by atoms with van der Waals surface area (Å²) in [5.41, 5.74) is 4.30. The van der Waals surface area contributed by atoms with Crippen molar-refractivity contribution >= 4 is 29.8 Å². The average Bonchev–Trinajstić information content (AvgIpc) is 2.85. The number of nitrogens with one attached hydrogen (secondary N) is 2. The second-order valence-electron chi connectivity index (χ2n) is 10.7. The molecule has 0 spiro atoms. The molecule has 0 radical (unpaired) electrons. The monoisotopic (exact) mass is 558 g/mol. The number of rotatable bonds is 13. The van der Waals surface area contributed by atoms with E-state index in [0.29, 0.717) is 17.5 Å². The van der Waals surface area contributed by atoms with Crippen molar-refractivity contribution in [2.45, 2.75) is 91.0 Å². The van der Waals surface area contributed by atoms with E-state index in [1.54, 1.807) is 65.8 Å². The zero-order chi connectivity index (χ0) is 30.7. The standard InChI is InChI=1S/C29H42N4O7/c1-9-19-14-12-13-15-20(19)24(25(36)31-17-16-23(35)39-11-3)33(29(7,8)10-2)26(37)21(18-22(30)34)32-27(38)40-28(4,5)6/h1,12-15,21,24H,10-11,16-18H2,2-8H3,(H2,30,34)(H,31,36)(H,32,38). The number of carbonyl (C=O) groups excluding carboxylic acids is 5. The number of alkyl carbamates (subject to hydrolysis) is 1. The van der Waals surface area contributed by atoms with Crippen molar-refractivity contribution in [1.29, 1.82) is 0 Å². The molecule has 2 unspecified atom stereocenters. The predicted octanol–water partition coefficient (Wildman–Crippen LogP) is 2.56. The zero-order valence-corrected chi connectivity index (χ0v) is 24.5. The summed E-state index contributed by atoms with van der Waals surface area (Å²) in [6, 6.07) is 3.91. The van der Waals surface area contributed by atoms with Gasteiger partial charge in [-0.2, -0.15) is 0 Å². The Labute approximate surface area is 236 Å². The molecular formula is C29H42N4O7. The molecule has 1 aromatic carbocycles. The first-order valence-corrected chi connectivity index (χ1v) is 13.2. The molecule has 0 fully saturated rings. The van der Waals surface area contributed by atoms with Crippen LogP contribution in [0.2, 0.25) is 0 Å². The number of nitrogens with zero attached hydrogens (tertiary/aromatic N) is 1. The largest absolute Gasteiger partial charge is 0.466 e. The lowest BCUT2D eigenvalue weighted by molar-refractivity contribution is -0.150. The van der Waals surface area contributed by atoms with Gasteiger partial charge in [0.05, 0.1) is 19.4 Å². The highest BCUT2D eigenvalue weighted by Gasteiger charge is 2.44. The van der Waals surface area contributed by atoms with Gasteiger partial charge in [-0.05, 0) is 59.6 Å². The Morgan fingerprint density at radius 3 is 2.23 bits per heavy atom. The van der Waals surface area contributed by atoms with Crippen LogP contribution in [0, 0.1) is 12.3 Å². The van der Waals surface area contributed by atoms with Crippen LogP contribution in [-0.4, -0.2) is 65.0 Å². The summed E-state index contributed by atoms with van der Waals surface area (Å²) < 4.78 is 10.2. The lowest BCUT2D eigenvalue weighted by Gasteiger charge is -2.44. The van der Waals surface area contributed by atoms with Gasteiger partial charge in [0.1, 0.15) is 17.7 Å². The number of hydrogen-bond donors (Lipinski definition) is 3. The summed E-state index contributed by atoms with van der Waals surface area (Å²) in [5, 5.41) is 5.14. The maximum atomic E-state index is 14.2. The van der Waals surface area contributed by atoms with Gasteiger partial charge in [-0.15, -0.1) is 6.42 Å². The van der Waals surface area contributed by atoms with E-state index in [-0.39, 0.29) is 19.6 Å². The van der Waals surface area contributed by atoms with Crippen molar-refractivity contribution in [3.8, 4) is 12.3 Å². The minimum atomic E-state index is -1.44. The van der Waals surface area contributed by atoms with Crippen molar-refractivity contribution in [2.75, 3.05) is 13.2 Å². The first-order chi connectivity index (χ1) is 18.6. The van der Waals surface area contributed by atoms with E-state index in [1.807, 2.05) is 6.92 Å². The van der Waals surface area contributed by atoms with Crippen LogP contribution in [0.1, 0.15) is 84.9 Å². The van der Waals surface area contributed by atoms with E-state index in [4.69, 9.17) is 21.6 Å². The maximum absolute atomic E-state index is 14.2. The van der Waals surface area contributed by atoms with E-state index < -0.39 is 59.4 Å². The molecule has 0 saturated heterocycles. The zero-order valence-electron chi connectivity index (χ0n) is 24.5. The van der Waals surface area contributed by atoms with Gasteiger partial charge >= 0.3 is 12.1 Å². The van der Waals surface area contributed by atoms with E-state index in [0.717, 1.165) is 0 Å². The number of amides is 4. The van der Waals surface area contributed by atoms with Crippen molar-refractivity contribution in [2.24, 2.45) is 5.73 Å². The van der Waals surface area contributed by atoms with Gasteiger partial charge in [-0.1, -0.05) is 31.0 Å². The number of carbonyl (C=O) groups is 5. The van der Waals surface area contributed by atoms with Gasteiger partial charge in [0.15, 0.2) is 0 Å². The molecule has 4 N–H and O–H groups in total. The van der Waals surface area contributed by atoms with Crippen LogP contribution in [0.3, 0.4) is 0 Å². The first kappa shape index (κ1) is 34.0. The van der Waals surface area contributed by atoms with E-state index in [2.05, 4.69) is 16.6 Å². The highest BCUT2D eigenvalue weighted by atomic mass is 16.6. The van der Waals surface area contributed by atoms with Gasteiger partial charge in [0.2, 0.25) is 17.7 Å². The molecule has 0 bridgehead atoms. The molecule has 1 rings (SSSR count). The third-order valence-electron chi connectivity index (χ3n) is 6.00. The van der Waals surface area contributed by atoms with E-state index >= 15 is 0 Å². The summed E-state index contributed by atoms with van der Waals surface area (Å²) in [5.74, 6) is -0.144. The number of hydrogen-bond acceptors (Lipinski definition) is 7. The SMILES string of the molecule is C#Cc1ccccc1C(C(=O)NCCC(=O)OCC)N(C(=O)C(CC(N)=O)NC(=O)OC(C)(C)C)C(C)(C)CC. The van der Waals surface area contributed by atoms with Gasteiger partial charge in [0.25, 0.3) is 0 Å². The molecule has 0 aliphatic heterocycles. The molecule has 0 aromatic heterocycles. The molecule has 0 saturated carbocycles. The van der Waals surface area contributed by atoms with Crippen LogP contribution in [0.5, 0.6) is 0 Å². The summed E-state index contributed by atoms with van der Waals surface area (Å²) in [4.78, 5) is 65.7. The Hall–Kier alpha value is -4.07. The van der Waals surface area contributed by atoms with Crippen molar-refractivity contribution < 1.29 is 33.4 Å². The number of benzene rings is 1. The van der Waals surface area contributed by atoms with Gasteiger partial charge in [-0.25, -0.2) is 4.79 Å². The molecule has 40 heavy (non-hydrogen) atoms. The third kappa shape index (κ3) is 10.2. The van der Waals surface area contributed by atoms with Crippen LogP contribution >= 0.6 is 0 Å². The average molecular weight is 559 g/mol. The van der Waals surface area contributed by atoms with Gasteiger partial charge in [0, 0.05) is 17.6 Å². The molecule has 11 heteroatoms. The lowest BCUT2D eigenvalue weighted by atomic mass is 9.90.